The summed E-state index contributed by atoms with van der Waals surface area (Å²) in [5, 5.41) is 9.54. The maximum Gasteiger partial charge on any atom is 0.232 e. The molecule has 1 fully saturated rings. The van der Waals surface area contributed by atoms with Crippen molar-refractivity contribution in [3.63, 3.8) is 0 Å². The lowest BCUT2D eigenvalue weighted by molar-refractivity contribution is -0.147. The fraction of sp³-hybridized carbons (Fsp3) is 0.556. The first-order valence-corrected chi connectivity index (χ1v) is 8.90. The molecule has 0 saturated heterocycles. The molecular weight excluding hydrogens is 334 g/mol. The lowest BCUT2D eigenvalue weighted by Crippen LogP contribution is -2.52. The molecule has 1 N–H and O–H groups in total. The first-order chi connectivity index (χ1) is 12.5. The number of rotatable bonds is 4. The first-order valence-electron chi connectivity index (χ1n) is 8.90. The number of aromatic nitrogens is 4. The van der Waals surface area contributed by atoms with Gasteiger partial charge < -0.3 is 19.3 Å². The molecule has 26 heavy (non-hydrogen) atoms. The summed E-state index contributed by atoms with van der Waals surface area (Å²) in [7, 11) is 1.97. The molecule has 0 unspecified atom stereocenters. The van der Waals surface area contributed by atoms with Crippen molar-refractivity contribution in [3.8, 4) is 5.88 Å². The maximum absolute atomic E-state index is 12.9. The number of fused-ring (bicyclic) bond motifs is 1. The number of hydrogen-bond donors (Lipinski definition) is 1. The monoisotopic (exact) mass is 357 g/mol. The quantitative estimate of drug-likeness (QED) is 0.862. The van der Waals surface area contributed by atoms with Crippen LogP contribution in [0.15, 0.2) is 18.7 Å². The minimum atomic E-state index is -0.351. The highest BCUT2D eigenvalue weighted by Gasteiger charge is 2.40. The van der Waals surface area contributed by atoms with Crippen LogP contribution in [0.2, 0.25) is 0 Å². The van der Waals surface area contributed by atoms with Crippen LogP contribution in [0.3, 0.4) is 0 Å². The van der Waals surface area contributed by atoms with E-state index in [2.05, 4.69) is 15.0 Å². The summed E-state index contributed by atoms with van der Waals surface area (Å²) in [6.45, 7) is 2.69. The zero-order chi connectivity index (χ0) is 18.3. The number of nitrogens with zero attached hydrogens (tertiary/aromatic N) is 5. The van der Waals surface area contributed by atoms with E-state index in [0.29, 0.717) is 38.3 Å². The largest absolute Gasteiger partial charge is 0.474 e. The molecule has 2 aliphatic rings. The lowest BCUT2D eigenvalue weighted by Gasteiger charge is -2.40. The summed E-state index contributed by atoms with van der Waals surface area (Å²) in [4.78, 5) is 27.6. The average Bonchev–Trinajstić information content (AvgIpc) is 2.96. The molecule has 0 radical (unpaired) electrons. The number of hydrogen-bond acceptors (Lipinski definition) is 6. The molecule has 1 saturated carbocycles. The van der Waals surface area contributed by atoms with Gasteiger partial charge >= 0.3 is 0 Å². The van der Waals surface area contributed by atoms with Crippen LogP contribution >= 0.6 is 0 Å². The number of aryl methyl sites for hydroxylation is 2. The molecule has 0 aromatic carbocycles. The highest BCUT2D eigenvalue weighted by atomic mass is 16.5. The number of ether oxygens (including phenoxy) is 1. The summed E-state index contributed by atoms with van der Waals surface area (Å²) in [6.07, 6.45) is 6.47. The fourth-order valence-electron chi connectivity index (χ4n) is 3.64. The van der Waals surface area contributed by atoms with Crippen LogP contribution in [0.1, 0.15) is 29.9 Å². The topological polar surface area (TPSA) is 93.4 Å². The molecule has 1 aliphatic carbocycles. The normalized spacial score (nSPS) is 24.7. The summed E-state index contributed by atoms with van der Waals surface area (Å²) in [5.74, 6) is 0.444. The van der Waals surface area contributed by atoms with Crippen molar-refractivity contribution >= 4 is 5.91 Å². The Labute approximate surface area is 151 Å². The van der Waals surface area contributed by atoms with Crippen LogP contribution in [-0.2, 0) is 24.8 Å². The van der Waals surface area contributed by atoms with Crippen molar-refractivity contribution in [2.24, 2.45) is 13.0 Å². The van der Waals surface area contributed by atoms with Crippen LogP contribution in [0.25, 0.3) is 0 Å². The van der Waals surface area contributed by atoms with Gasteiger partial charge in [-0.1, -0.05) is 0 Å². The predicted octanol–water partition coefficient (Wildman–Crippen LogP) is 0.622. The van der Waals surface area contributed by atoms with Gasteiger partial charge in [-0.05, 0) is 19.8 Å². The van der Waals surface area contributed by atoms with E-state index in [1.807, 2.05) is 23.4 Å². The van der Waals surface area contributed by atoms with Crippen LogP contribution < -0.4 is 4.74 Å². The second-order valence-corrected chi connectivity index (χ2v) is 7.20. The Kier molecular flexibility index (Phi) is 4.36. The zero-order valence-electron chi connectivity index (χ0n) is 15.0. The van der Waals surface area contributed by atoms with Crippen LogP contribution in [-0.4, -0.2) is 54.2 Å². The van der Waals surface area contributed by atoms with Crippen LogP contribution in [0.4, 0.5) is 0 Å². The summed E-state index contributed by atoms with van der Waals surface area (Å²) < 4.78 is 7.85. The Bertz CT molecular complexity index is 815. The van der Waals surface area contributed by atoms with Crippen molar-refractivity contribution in [1.82, 2.24) is 24.4 Å². The zero-order valence-corrected chi connectivity index (χ0v) is 15.0. The molecule has 2 aromatic heterocycles. The molecule has 3 heterocycles. The van der Waals surface area contributed by atoms with Gasteiger partial charge in [0.15, 0.2) is 0 Å². The van der Waals surface area contributed by atoms with Gasteiger partial charge in [-0.2, -0.15) is 0 Å². The van der Waals surface area contributed by atoms with Gasteiger partial charge in [-0.25, -0.2) is 9.97 Å². The number of aliphatic hydroxyl groups excluding tert-OH is 1. The van der Waals surface area contributed by atoms with Gasteiger partial charge in [0.2, 0.25) is 11.8 Å². The van der Waals surface area contributed by atoms with Crippen molar-refractivity contribution in [2.45, 2.75) is 44.9 Å². The van der Waals surface area contributed by atoms with Crippen molar-refractivity contribution < 1.29 is 14.6 Å². The third-order valence-electron chi connectivity index (χ3n) is 5.24. The van der Waals surface area contributed by atoms with Gasteiger partial charge in [-0.15, -0.1) is 0 Å². The second kappa shape index (κ2) is 6.68. The van der Waals surface area contributed by atoms with E-state index in [1.54, 1.807) is 18.7 Å². The highest BCUT2D eigenvalue weighted by Crippen LogP contribution is 2.32. The summed E-state index contributed by atoms with van der Waals surface area (Å²) in [6, 6.07) is -0.0922. The van der Waals surface area contributed by atoms with Crippen molar-refractivity contribution in [2.75, 3.05) is 6.61 Å². The van der Waals surface area contributed by atoms with Crippen molar-refractivity contribution in [1.29, 1.82) is 0 Å². The van der Waals surface area contributed by atoms with E-state index in [1.165, 1.54) is 0 Å². The van der Waals surface area contributed by atoms with Crippen LogP contribution in [0, 0.1) is 12.8 Å². The molecule has 1 aliphatic heterocycles. The predicted molar refractivity (Wildman–Crippen MR) is 92.2 cm³/mol. The van der Waals surface area contributed by atoms with Crippen LogP contribution in [0.5, 0.6) is 5.88 Å². The molecule has 138 valence electrons. The molecule has 1 amide bonds. The Balaban J connectivity index is 1.52. The third-order valence-corrected chi connectivity index (χ3v) is 5.24. The smallest absolute Gasteiger partial charge is 0.232 e. The third kappa shape index (κ3) is 3.16. The Hall–Kier alpha value is -2.48. The fourth-order valence-corrected chi connectivity index (χ4v) is 3.64. The van der Waals surface area contributed by atoms with E-state index in [4.69, 9.17) is 4.74 Å². The van der Waals surface area contributed by atoms with Gasteiger partial charge in [0, 0.05) is 31.3 Å². The minimum Gasteiger partial charge on any atom is -0.474 e. The molecule has 8 heteroatoms. The first kappa shape index (κ1) is 17.0. The molecule has 0 bridgehead atoms. The minimum absolute atomic E-state index is 0.0792. The standard InChI is InChI=1S/C18H23N5O3/c1-11-6-19-7-17(21-11)26-9-13-5-16-15(20-10-22(16)2)8-23(13)18(25)12-3-14(24)4-12/h6-7,10,12-14,24H,3-5,8-9H2,1-2H3/t12?,13-,14?/m0/s1. The molecule has 8 nitrogen and oxygen atoms in total. The van der Waals surface area contributed by atoms with Gasteiger partial charge in [0.05, 0.1) is 42.6 Å². The number of imidazole rings is 1. The molecule has 0 spiro atoms. The molecule has 4 rings (SSSR count). The van der Waals surface area contributed by atoms with Gasteiger partial charge in [0.25, 0.3) is 0 Å². The highest BCUT2D eigenvalue weighted by molar-refractivity contribution is 5.80. The molecule has 1 atom stereocenters. The second-order valence-electron chi connectivity index (χ2n) is 7.20. The van der Waals surface area contributed by atoms with E-state index < -0.39 is 0 Å². The van der Waals surface area contributed by atoms with E-state index in [9.17, 15) is 9.90 Å². The number of carbonyl (C=O) groups excluding carboxylic acids is 1. The Morgan fingerprint density at radius 2 is 2.19 bits per heavy atom. The molecular formula is C18H23N5O3. The number of carbonyl (C=O) groups is 1. The van der Waals surface area contributed by atoms with Crippen molar-refractivity contribution in [3.05, 3.63) is 35.8 Å². The Morgan fingerprint density at radius 1 is 1.38 bits per heavy atom. The number of amides is 1. The van der Waals surface area contributed by atoms with E-state index in [0.717, 1.165) is 17.1 Å². The number of aliphatic hydroxyl groups is 1. The van der Waals surface area contributed by atoms with Gasteiger partial charge in [0.1, 0.15) is 6.61 Å². The Morgan fingerprint density at radius 3 is 2.92 bits per heavy atom. The summed E-state index contributed by atoms with van der Waals surface area (Å²) in [5.41, 5.74) is 2.86. The average molecular weight is 357 g/mol. The molecule has 2 aromatic rings. The van der Waals surface area contributed by atoms with E-state index in [-0.39, 0.29) is 24.0 Å². The lowest BCUT2D eigenvalue weighted by atomic mass is 9.81. The summed E-state index contributed by atoms with van der Waals surface area (Å²) >= 11 is 0. The van der Waals surface area contributed by atoms with E-state index >= 15 is 0 Å². The van der Waals surface area contributed by atoms with Gasteiger partial charge in [-0.3, -0.25) is 9.78 Å². The SMILES string of the molecule is Cc1cncc(OC[C@@H]2Cc3c(ncn3C)CN2C(=O)C2CC(O)C2)n1. The maximum atomic E-state index is 12.9.